The Labute approximate surface area is 92.1 Å². The maximum Gasteiger partial charge on any atom is 0.0564 e. The number of halogens is 2. The number of allylic oxidation sites excluding steroid dienone is 1. The zero-order valence-electron chi connectivity index (χ0n) is 7.52. The van der Waals surface area contributed by atoms with Gasteiger partial charge in [-0.2, -0.15) is 0 Å². The third-order valence-electron chi connectivity index (χ3n) is 2.74. The second-order valence-electron chi connectivity index (χ2n) is 3.86. The highest BCUT2D eigenvalue weighted by molar-refractivity contribution is 9.28. The van der Waals surface area contributed by atoms with Gasteiger partial charge in [0.05, 0.1) is 3.39 Å². The van der Waals surface area contributed by atoms with E-state index in [1.807, 2.05) is 0 Å². The van der Waals surface area contributed by atoms with Crippen LogP contribution in [0.25, 0.3) is 0 Å². The molecule has 1 saturated carbocycles. The minimum Gasteiger partial charge on any atom is -0.0629 e. The molecule has 70 valence electrons. The van der Waals surface area contributed by atoms with E-state index in [1.54, 1.807) is 0 Å². The van der Waals surface area contributed by atoms with Crippen molar-refractivity contribution in [3.05, 3.63) is 9.47 Å². The van der Waals surface area contributed by atoms with Crippen LogP contribution in [0.4, 0.5) is 0 Å². The fourth-order valence-corrected chi connectivity index (χ4v) is 2.19. The van der Waals surface area contributed by atoms with Gasteiger partial charge in [-0.15, -0.1) is 0 Å². The van der Waals surface area contributed by atoms with Gasteiger partial charge in [-0.3, -0.25) is 0 Å². The molecular formula is C10H16Br2. The Balaban J connectivity index is 2.22. The molecule has 0 unspecified atom stereocenters. The molecule has 0 aromatic carbocycles. The average Bonchev–Trinajstić information content (AvgIpc) is 2.03. The van der Waals surface area contributed by atoms with Crippen LogP contribution in [-0.2, 0) is 0 Å². The Morgan fingerprint density at radius 3 is 2.33 bits per heavy atom. The van der Waals surface area contributed by atoms with E-state index in [4.69, 9.17) is 0 Å². The Morgan fingerprint density at radius 1 is 1.25 bits per heavy atom. The Bertz CT molecular complexity index is 151. The number of rotatable bonds is 2. The minimum absolute atomic E-state index is 0.936. The highest BCUT2D eigenvalue weighted by Gasteiger charge is 2.16. The van der Waals surface area contributed by atoms with Crippen molar-refractivity contribution in [1.29, 1.82) is 0 Å². The molecule has 0 N–H and O–H groups in total. The molecule has 1 aliphatic rings. The Morgan fingerprint density at radius 2 is 1.83 bits per heavy atom. The molecule has 12 heavy (non-hydrogen) atoms. The summed E-state index contributed by atoms with van der Waals surface area (Å²) in [5.74, 6) is 1.91. The molecule has 2 heteroatoms. The smallest absolute Gasteiger partial charge is 0.0564 e. The van der Waals surface area contributed by atoms with Gasteiger partial charge in [-0.1, -0.05) is 25.8 Å². The van der Waals surface area contributed by atoms with Crippen molar-refractivity contribution >= 4 is 31.9 Å². The second-order valence-corrected chi connectivity index (χ2v) is 6.63. The molecule has 0 amide bonds. The summed E-state index contributed by atoms with van der Waals surface area (Å²) in [6, 6.07) is 0. The summed E-state index contributed by atoms with van der Waals surface area (Å²) >= 11 is 6.78. The first-order chi connectivity index (χ1) is 5.68. The van der Waals surface area contributed by atoms with Crippen LogP contribution < -0.4 is 0 Å². The zero-order chi connectivity index (χ0) is 8.97. The van der Waals surface area contributed by atoms with E-state index in [2.05, 4.69) is 44.9 Å². The second kappa shape index (κ2) is 5.43. The van der Waals surface area contributed by atoms with Gasteiger partial charge >= 0.3 is 0 Å². The van der Waals surface area contributed by atoms with Gasteiger partial charge in [0.2, 0.25) is 0 Å². The molecule has 0 aromatic rings. The van der Waals surface area contributed by atoms with E-state index in [1.165, 1.54) is 32.1 Å². The van der Waals surface area contributed by atoms with Crippen molar-refractivity contribution in [2.24, 2.45) is 11.8 Å². The SMILES string of the molecule is CC1CCC(CC=C(Br)Br)CC1. The molecule has 1 rings (SSSR count). The summed E-state index contributed by atoms with van der Waals surface area (Å²) in [5, 5.41) is 0. The van der Waals surface area contributed by atoms with Crippen LogP contribution in [0.3, 0.4) is 0 Å². The lowest BCUT2D eigenvalue weighted by atomic mass is 9.81. The standard InChI is InChI=1S/C10H16Br2/c1-8-2-4-9(5-3-8)6-7-10(11)12/h7-9H,2-6H2,1H3. The van der Waals surface area contributed by atoms with Crippen molar-refractivity contribution in [3.8, 4) is 0 Å². The van der Waals surface area contributed by atoms with Crippen molar-refractivity contribution in [2.45, 2.75) is 39.0 Å². The van der Waals surface area contributed by atoms with Gasteiger partial charge in [0, 0.05) is 0 Å². The normalized spacial score (nSPS) is 29.9. The van der Waals surface area contributed by atoms with E-state index >= 15 is 0 Å². The largest absolute Gasteiger partial charge is 0.0629 e. The van der Waals surface area contributed by atoms with Crippen molar-refractivity contribution in [3.63, 3.8) is 0 Å². The fourth-order valence-electron chi connectivity index (χ4n) is 1.82. The van der Waals surface area contributed by atoms with Crippen LogP contribution in [-0.4, -0.2) is 0 Å². The fraction of sp³-hybridized carbons (Fsp3) is 0.800. The summed E-state index contributed by atoms with van der Waals surface area (Å²) in [7, 11) is 0. The first kappa shape index (κ1) is 10.8. The van der Waals surface area contributed by atoms with Crippen molar-refractivity contribution < 1.29 is 0 Å². The van der Waals surface area contributed by atoms with Crippen molar-refractivity contribution in [1.82, 2.24) is 0 Å². The molecule has 1 aliphatic carbocycles. The molecule has 0 aliphatic heterocycles. The van der Waals surface area contributed by atoms with Crippen LogP contribution >= 0.6 is 31.9 Å². The maximum absolute atomic E-state index is 3.39. The lowest BCUT2D eigenvalue weighted by Crippen LogP contribution is -2.11. The lowest BCUT2D eigenvalue weighted by Gasteiger charge is -2.25. The van der Waals surface area contributed by atoms with Crippen LogP contribution in [0.5, 0.6) is 0 Å². The Hall–Kier alpha value is 0.700. The molecule has 0 saturated heterocycles. The topological polar surface area (TPSA) is 0 Å². The Kier molecular flexibility index (Phi) is 4.88. The van der Waals surface area contributed by atoms with Crippen LogP contribution in [0.15, 0.2) is 9.47 Å². The first-order valence-electron chi connectivity index (χ1n) is 4.69. The van der Waals surface area contributed by atoms with Crippen LogP contribution in [0.2, 0.25) is 0 Å². The van der Waals surface area contributed by atoms with Crippen molar-refractivity contribution in [2.75, 3.05) is 0 Å². The third-order valence-corrected chi connectivity index (χ3v) is 3.39. The molecule has 0 heterocycles. The summed E-state index contributed by atoms with van der Waals surface area (Å²) in [5.41, 5.74) is 0. The molecule has 0 aromatic heterocycles. The molecule has 0 nitrogen and oxygen atoms in total. The van der Waals surface area contributed by atoms with E-state index in [-0.39, 0.29) is 0 Å². The molecule has 0 atom stereocenters. The van der Waals surface area contributed by atoms with E-state index < -0.39 is 0 Å². The third kappa shape index (κ3) is 4.08. The van der Waals surface area contributed by atoms with Gasteiger partial charge < -0.3 is 0 Å². The first-order valence-corrected chi connectivity index (χ1v) is 6.28. The molecule has 1 fully saturated rings. The van der Waals surface area contributed by atoms with E-state index in [0.29, 0.717) is 0 Å². The van der Waals surface area contributed by atoms with E-state index in [9.17, 15) is 0 Å². The quantitative estimate of drug-likeness (QED) is 0.684. The number of hydrogen-bond donors (Lipinski definition) is 0. The summed E-state index contributed by atoms with van der Waals surface area (Å²) < 4.78 is 1.11. The van der Waals surface area contributed by atoms with Crippen LogP contribution in [0.1, 0.15) is 39.0 Å². The molecular weight excluding hydrogens is 280 g/mol. The zero-order valence-corrected chi connectivity index (χ0v) is 10.7. The van der Waals surface area contributed by atoms with Gasteiger partial charge in [-0.25, -0.2) is 0 Å². The minimum atomic E-state index is 0.936. The molecule has 0 radical (unpaired) electrons. The lowest BCUT2D eigenvalue weighted by molar-refractivity contribution is 0.292. The van der Waals surface area contributed by atoms with Gasteiger partial charge in [-0.05, 0) is 63.0 Å². The molecule has 0 bridgehead atoms. The maximum atomic E-state index is 3.39. The average molecular weight is 296 g/mol. The summed E-state index contributed by atoms with van der Waals surface area (Å²) in [4.78, 5) is 0. The molecule has 0 spiro atoms. The predicted molar refractivity (Wildman–Crippen MR) is 61.7 cm³/mol. The highest BCUT2D eigenvalue weighted by Crippen LogP contribution is 2.31. The summed E-state index contributed by atoms with van der Waals surface area (Å²) in [6.45, 7) is 2.37. The highest BCUT2D eigenvalue weighted by atomic mass is 79.9. The predicted octanol–water partition coefficient (Wildman–Crippen LogP) is 4.83. The van der Waals surface area contributed by atoms with Gasteiger partial charge in [0.25, 0.3) is 0 Å². The monoisotopic (exact) mass is 294 g/mol. The van der Waals surface area contributed by atoms with E-state index in [0.717, 1.165) is 15.2 Å². The van der Waals surface area contributed by atoms with Crippen LogP contribution in [0, 0.1) is 11.8 Å². The summed E-state index contributed by atoms with van der Waals surface area (Å²) in [6.07, 6.45) is 9.17. The number of hydrogen-bond acceptors (Lipinski definition) is 0. The van der Waals surface area contributed by atoms with Gasteiger partial charge in [0.15, 0.2) is 0 Å². The van der Waals surface area contributed by atoms with Gasteiger partial charge in [0.1, 0.15) is 0 Å².